The van der Waals surface area contributed by atoms with Crippen molar-refractivity contribution in [2.24, 2.45) is 0 Å². The van der Waals surface area contributed by atoms with Crippen LogP contribution in [0.25, 0.3) is 5.69 Å². The molecule has 0 saturated carbocycles. The van der Waals surface area contributed by atoms with E-state index in [2.05, 4.69) is 21.0 Å². The first-order valence-corrected chi connectivity index (χ1v) is 5.11. The van der Waals surface area contributed by atoms with E-state index in [1.165, 1.54) is 6.20 Å². The van der Waals surface area contributed by atoms with Gasteiger partial charge in [0.05, 0.1) is 11.9 Å². The molecule has 1 heterocycles. The molecule has 0 amide bonds. The lowest BCUT2D eigenvalue weighted by molar-refractivity contribution is 0.887. The zero-order valence-electron chi connectivity index (χ0n) is 7.11. The number of halogens is 2. The Morgan fingerprint density at radius 3 is 2.64 bits per heavy atom. The Morgan fingerprint density at radius 1 is 1.36 bits per heavy atom. The van der Waals surface area contributed by atoms with Crippen molar-refractivity contribution in [3.63, 3.8) is 0 Å². The first kappa shape index (κ1) is 9.55. The molecular formula is C9H7BrClN3. The second-order valence-corrected chi connectivity index (χ2v) is 4.00. The van der Waals surface area contributed by atoms with E-state index >= 15 is 0 Å². The minimum atomic E-state index is 0.443. The number of hydrogen-bond acceptors (Lipinski definition) is 2. The van der Waals surface area contributed by atoms with E-state index in [9.17, 15) is 0 Å². The molecule has 2 N–H and O–H groups in total. The summed E-state index contributed by atoms with van der Waals surface area (Å²) in [6.07, 6.45) is 1.52. The molecule has 72 valence electrons. The van der Waals surface area contributed by atoms with Crippen LogP contribution in [-0.4, -0.2) is 9.78 Å². The lowest BCUT2D eigenvalue weighted by atomic mass is 10.3. The van der Waals surface area contributed by atoms with E-state index in [0.29, 0.717) is 10.8 Å². The number of nitrogens with two attached hydrogens (primary N) is 1. The summed E-state index contributed by atoms with van der Waals surface area (Å²) < 4.78 is 2.51. The van der Waals surface area contributed by atoms with E-state index < -0.39 is 0 Å². The van der Waals surface area contributed by atoms with Crippen LogP contribution in [0.1, 0.15) is 0 Å². The molecular weight excluding hydrogens is 265 g/mol. The van der Waals surface area contributed by atoms with Gasteiger partial charge in [-0.3, -0.25) is 0 Å². The van der Waals surface area contributed by atoms with Crippen molar-refractivity contribution < 1.29 is 0 Å². The largest absolute Gasteiger partial charge is 0.382 e. The molecule has 0 unspecified atom stereocenters. The molecule has 0 aliphatic carbocycles. The van der Waals surface area contributed by atoms with Crippen molar-refractivity contribution >= 4 is 33.3 Å². The summed E-state index contributed by atoms with van der Waals surface area (Å²) in [6, 6.07) is 7.66. The average molecular weight is 273 g/mol. The van der Waals surface area contributed by atoms with Crippen molar-refractivity contribution in [2.75, 3.05) is 5.73 Å². The monoisotopic (exact) mass is 271 g/mol. The number of aromatic nitrogens is 2. The Kier molecular flexibility index (Phi) is 2.48. The summed E-state index contributed by atoms with van der Waals surface area (Å²) in [6.45, 7) is 0. The lowest BCUT2D eigenvalue weighted by Gasteiger charge is -2.05. The van der Waals surface area contributed by atoms with Crippen LogP contribution in [0.5, 0.6) is 0 Å². The lowest BCUT2D eigenvalue weighted by Crippen LogP contribution is -2.02. The fraction of sp³-hybridized carbons (Fsp3) is 0. The molecule has 0 aliphatic heterocycles. The topological polar surface area (TPSA) is 43.8 Å². The van der Waals surface area contributed by atoms with Gasteiger partial charge in [-0.15, -0.1) is 0 Å². The van der Waals surface area contributed by atoms with E-state index in [-0.39, 0.29) is 0 Å². The first-order valence-electron chi connectivity index (χ1n) is 3.94. The van der Waals surface area contributed by atoms with Gasteiger partial charge in [-0.25, -0.2) is 4.68 Å². The van der Waals surface area contributed by atoms with E-state index in [0.717, 1.165) is 10.2 Å². The van der Waals surface area contributed by atoms with Crippen LogP contribution in [0.4, 0.5) is 5.82 Å². The molecule has 0 saturated heterocycles. The van der Waals surface area contributed by atoms with Gasteiger partial charge >= 0.3 is 0 Å². The predicted octanol–water partition coefficient (Wildman–Crippen LogP) is 2.87. The summed E-state index contributed by atoms with van der Waals surface area (Å²) in [5.74, 6) is 0.443. The highest BCUT2D eigenvalue weighted by Crippen LogP contribution is 2.25. The van der Waals surface area contributed by atoms with Gasteiger partial charge in [0.25, 0.3) is 0 Å². The van der Waals surface area contributed by atoms with Gasteiger partial charge in [-0.05, 0) is 28.1 Å². The minimum Gasteiger partial charge on any atom is -0.382 e. The van der Waals surface area contributed by atoms with Gasteiger partial charge < -0.3 is 5.73 Å². The number of benzene rings is 1. The maximum atomic E-state index is 5.81. The highest BCUT2D eigenvalue weighted by molar-refractivity contribution is 9.10. The number of para-hydroxylation sites is 1. The fourth-order valence-corrected chi connectivity index (χ4v) is 1.73. The third-order valence-corrected chi connectivity index (χ3v) is 2.80. The Balaban J connectivity index is 2.60. The number of rotatable bonds is 1. The number of nitrogens with zero attached hydrogens (tertiary/aromatic N) is 2. The Hall–Kier alpha value is -1.000. The van der Waals surface area contributed by atoms with Gasteiger partial charge in [0.15, 0.2) is 0 Å². The Morgan fingerprint density at radius 2 is 2.07 bits per heavy atom. The van der Waals surface area contributed by atoms with Gasteiger partial charge in [-0.2, -0.15) is 5.10 Å². The van der Waals surface area contributed by atoms with Crippen LogP contribution in [0.2, 0.25) is 5.02 Å². The maximum Gasteiger partial charge on any atom is 0.146 e. The standard InChI is InChI=1S/C9H7BrClN3/c10-6-3-1-2-4-8(6)14-9(12)7(11)5-13-14/h1-5H,12H2. The van der Waals surface area contributed by atoms with E-state index in [1.807, 2.05) is 24.3 Å². The molecule has 0 fully saturated rings. The number of hydrogen-bond donors (Lipinski definition) is 1. The van der Waals surface area contributed by atoms with Crippen molar-refractivity contribution in [1.29, 1.82) is 0 Å². The summed E-state index contributed by atoms with van der Waals surface area (Å²) >= 11 is 9.22. The zero-order chi connectivity index (χ0) is 10.1. The van der Waals surface area contributed by atoms with Crippen LogP contribution >= 0.6 is 27.5 Å². The highest BCUT2D eigenvalue weighted by atomic mass is 79.9. The first-order chi connectivity index (χ1) is 6.70. The molecule has 0 aliphatic rings. The number of nitrogen functional groups attached to an aromatic ring is 1. The molecule has 0 radical (unpaired) electrons. The third kappa shape index (κ3) is 1.51. The fourth-order valence-electron chi connectivity index (χ4n) is 1.15. The third-order valence-electron chi connectivity index (χ3n) is 1.84. The van der Waals surface area contributed by atoms with Gasteiger partial charge in [-0.1, -0.05) is 23.7 Å². The summed E-state index contributed by atoms with van der Waals surface area (Å²) in [4.78, 5) is 0. The van der Waals surface area contributed by atoms with Crippen molar-refractivity contribution in [1.82, 2.24) is 9.78 Å². The van der Waals surface area contributed by atoms with Gasteiger partial charge in [0.2, 0.25) is 0 Å². The Labute approximate surface area is 94.6 Å². The predicted molar refractivity (Wildman–Crippen MR) is 60.7 cm³/mol. The summed E-state index contributed by atoms with van der Waals surface area (Å²) in [7, 11) is 0. The van der Waals surface area contributed by atoms with Crippen LogP contribution in [0, 0.1) is 0 Å². The van der Waals surface area contributed by atoms with E-state index in [4.69, 9.17) is 17.3 Å². The molecule has 1 aromatic heterocycles. The second kappa shape index (κ2) is 3.63. The van der Waals surface area contributed by atoms with Gasteiger partial charge in [0.1, 0.15) is 10.8 Å². The van der Waals surface area contributed by atoms with Crippen LogP contribution < -0.4 is 5.73 Å². The molecule has 0 atom stereocenters. The second-order valence-electron chi connectivity index (χ2n) is 2.74. The van der Waals surface area contributed by atoms with Crippen molar-refractivity contribution in [3.05, 3.63) is 40.0 Å². The van der Waals surface area contributed by atoms with E-state index in [1.54, 1.807) is 4.68 Å². The van der Waals surface area contributed by atoms with Crippen LogP contribution in [0.3, 0.4) is 0 Å². The summed E-state index contributed by atoms with van der Waals surface area (Å²) in [5, 5.41) is 4.54. The molecule has 5 heteroatoms. The molecule has 14 heavy (non-hydrogen) atoms. The molecule has 3 nitrogen and oxygen atoms in total. The maximum absolute atomic E-state index is 5.81. The quantitative estimate of drug-likeness (QED) is 0.867. The molecule has 0 spiro atoms. The van der Waals surface area contributed by atoms with Crippen LogP contribution in [-0.2, 0) is 0 Å². The SMILES string of the molecule is Nc1c(Cl)cnn1-c1ccccc1Br. The normalized spacial score (nSPS) is 10.4. The number of anilines is 1. The Bertz CT molecular complexity index is 467. The average Bonchev–Trinajstić information content (AvgIpc) is 2.49. The van der Waals surface area contributed by atoms with Crippen LogP contribution in [0.15, 0.2) is 34.9 Å². The molecule has 1 aromatic carbocycles. The smallest absolute Gasteiger partial charge is 0.146 e. The zero-order valence-corrected chi connectivity index (χ0v) is 9.46. The summed E-state index contributed by atoms with van der Waals surface area (Å²) in [5.41, 5.74) is 6.62. The molecule has 2 rings (SSSR count). The molecule has 2 aromatic rings. The molecule has 0 bridgehead atoms. The van der Waals surface area contributed by atoms with Gasteiger partial charge in [0, 0.05) is 4.47 Å². The highest BCUT2D eigenvalue weighted by Gasteiger charge is 2.08. The van der Waals surface area contributed by atoms with Crippen molar-refractivity contribution in [2.45, 2.75) is 0 Å². The van der Waals surface area contributed by atoms with Crippen molar-refractivity contribution in [3.8, 4) is 5.69 Å². The minimum absolute atomic E-state index is 0.443.